The summed E-state index contributed by atoms with van der Waals surface area (Å²) in [6, 6.07) is 8.21. The second-order valence-electron chi connectivity index (χ2n) is 5.88. The molecule has 0 aliphatic carbocycles. The molecular weight excluding hydrogens is 308 g/mol. The summed E-state index contributed by atoms with van der Waals surface area (Å²) < 4.78 is 18.5. The lowest BCUT2D eigenvalue weighted by atomic mass is 10.1. The van der Waals surface area contributed by atoms with Crippen molar-refractivity contribution in [2.45, 2.75) is 12.6 Å². The molecule has 0 spiro atoms. The Bertz CT molecular complexity index is 646. The van der Waals surface area contributed by atoms with E-state index in [1.54, 1.807) is 13.4 Å². The molecule has 1 atom stereocenters. The molecular formula is C17H24N4O3. The molecule has 0 saturated carbocycles. The van der Waals surface area contributed by atoms with Gasteiger partial charge < -0.3 is 18.8 Å². The van der Waals surface area contributed by atoms with E-state index in [9.17, 15) is 0 Å². The minimum absolute atomic E-state index is 0.0348. The summed E-state index contributed by atoms with van der Waals surface area (Å²) in [6.07, 6.45) is 1.67. The molecule has 0 radical (unpaired) electrons. The van der Waals surface area contributed by atoms with Crippen molar-refractivity contribution in [2.24, 2.45) is 7.05 Å². The lowest BCUT2D eigenvalue weighted by Crippen LogP contribution is -2.38. The lowest BCUT2D eigenvalue weighted by Gasteiger charge is -2.32. The number of benzene rings is 1. The highest BCUT2D eigenvalue weighted by Crippen LogP contribution is 2.22. The summed E-state index contributed by atoms with van der Waals surface area (Å²) in [5, 5.41) is 8.11. The van der Waals surface area contributed by atoms with Crippen LogP contribution in [0.1, 0.15) is 17.5 Å². The highest BCUT2D eigenvalue weighted by molar-refractivity contribution is 5.28. The van der Waals surface area contributed by atoms with E-state index < -0.39 is 0 Å². The van der Waals surface area contributed by atoms with Crippen LogP contribution < -0.4 is 4.74 Å². The smallest absolute Gasteiger partial charge is 0.163 e. The number of morpholine rings is 1. The molecule has 2 aromatic rings. The second-order valence-corrected chi connectivity index (χ2v) is 5.88. The number of rotatable bonds is 7. The first-order valence-corrected chi connectivity index (χ1v) is 8.15. The van der Waals surface area contributed by atoms with Crippen molar-refractivity contribution in [3.8, 4) is 5.75 Å². The molecule has 0 N–H and O–H groups in total. The fraction of sp³-hybridized carbons (Fsp3) is 0.529. The van der Waals surface area contributed by atoms with Crippen LogP contribution in [0.2, 0.25) is 0 Å². The van der Waals surface area contributed by atoms with E-state index in [0.717, 1.165) is 31.2 Å². The van der Waals surface area contributed by atoms with Crippen molar-refractivity contribution in [3.63, 3.8) is 0 Å². The summed E-state index contributed by atoms with van der Waals surface area (Å²) in [5.41, 5.74) is 1.23. The summed E-state index contributed by atoms with van der Waals surface area (Å²) in [7, 11) is 3.62. The van der Waals surface area contributed by atoms with Gasteiger partial charge in [0.1, 0.15) is 24.8 Å². The van der Waals surface area contributed by atoms with Crippen molar-refractivity contribution in [1.82, 2.24) is 19.7 Å². The SMILES string of the molecule is COCCOc1cccc(CN2CCO[C@H](c3nncn3C)C2)c1. The van der Waals surface area contributed by atoms with Crippen molar-refractivity contribution >= 4 is 0 Å². The number of hydrogen-bond acceptors (Lipinski definition) is 6. The van der Waals surface area contributed by atoms with E-state index in [-0.39, 0.29) is 6.10 Å². The highest BCUT2D eigenvalue weighted by Gasteiger charge is 2.25. The Balaban J connectivity index is 1.59. The van der Waals surface area contributed by atoms with Gasteiger partial charge in [0.2, 0.25) is 0 Å². The maximum Gasteiger partial charge on any atom is 0.163 e. The molecule has 3 rings (SSSR count). The minimum atomic E-state index is -0.0348. The highest BCUT2D eigenvalue weighted by atomic mass is 16.5. The monoisotopic (exact) mass is 332 g/mol. The first-order valence-electron chi connectivity index (χ1n) is 8.15. The van der Waals surface area contributed by atoms with Crippen LogP contribution in [0.25, 0.3) is 0 Å². The largest absolute Gasteiger partial charge is 0.491 e. The molecule has 1 aliphatic heterocycles. The molecule has 1 saturated heterocycles. The van der Waals surface area contributed by atoms with E-state index >= 15 is 0 Å². The normalized spacial score (nSPS) is 18.7. The van der Waals surface area contributed by atoms with E-state index in [0.29, 0.717) is 19.8 Å². The van der Waals surface area contributed by atoms with E-state index in [2.05, 4.69) is 27.2 Å². The van der Waals surface area contributed by atoms with Gasteiger partial charge in [0.25, 0.3) is 0 Å². The fourth-order valence-corrected chi connectivity index (χ4v) is 2.82. The molecule has 1 fully saturated rings. The molecule has 1 aliphatic rings. The lowest BCUT2D eigenvalue weighted by molar-refractivity contribution is -0.0385. The average Bonchev–Trinajstić information content (AvgIpc) is 3.02. The van der Waals surface area contributed by atoms with Crippen molar-refractivity contribution in [3.05, 3.63) is 42.0 Å². The number of ether oxygens (including phenoxy) is 3. The Labute approximate surface area is 142 Å². The Morgan fingerprint density at radius 2 is 2.25 bits per heavy atom. The average molecular weight is 332 g/mol. The Hall–Kier alpha value is -1.96. The molecule has 24 heavy (non-hydrogen) atoms. The zero-order valence-electron chi connectivity index (χ0n) is 14.2. The first kappa shape index (κ1) is 16.9. The fourth-order valence-electron chi connectivity index (χ4n) is 2.82. The van der Waals surface area contributed by atoms with E-state index in [4.69, 9.17) is 14.2 Å². The van der Waals surface area contributed by atoms with Crippen LogP contribution in [0.4, 0.5) is 0 Å². The van der Waals surface area contributed by atoms with Crippen LogP contribution in [0.15, 0.2) is 30.6 Å². The third-order valence-corrected chi connectivity index (χ3v) is 4.05. The molecule has 1 aromatic carbocycles. The quantitative estimate of drug-likeness (QED) is 0.715. The van der Waals surface area contributed by atoms with Gasteiger partial charge in [0, 0.05) is 33.8 Å². The van der Waals surface area contributed by atoms with Crippen molar-refractivity contribution in [1.29, 1.82) is 0 Å². The minimum Gasteiger partial charge on any atom is -0.491 e. The molecule has 2 heterocycles. The van der Waals surface area contributed by atoms with Gasteiger partial charge in [0.15, 0.2) is 5.82 Å². The summed E-state index contributed by atoms with van der Waals surface area (Å²) in [5.74, 6) is 1.75. The van der Waals surface area contributed by atoms with Crippen molar-refractivity contribution < 1.29 is 14.2 Å². The van der Waals surface area contributed by atoms with Gasteiger partial charge in [-0.1, -0.05) is 12.1 Å². The third kappa shape index (κ3) is 4.31. The molecule has 1 aromatic heterocycles. The number of aromatic nitrogens is 3. The number of aryl methyl sites for hydroxylation is 1. The summed E-state index contributed by atoms with van der Waals surface area (Å²) in [6.45, 7) is 4.42. The first-order chi connectivity index (χ1) is 11.8. The molecule has 0 bridgehead atoms. The van der Waals surface area contributed by atoms with Gasteiger partial charge in [-0.25, -0.2) is 0 Å². The molecule has 0 unspecified atom stereocenters. The van der Waals surface area contributed by atoms with Crippen LogP contribution in [0.5, 0.6) is 5.75 Å². The van der Waals surface area contributed by atoms with Gasteiger partial charge in [-0.05, 0) is 17.7 Å². The van der Waals surface area contributed by atoms with Crippen LogP contribution in [-0.2, 0) is 23.1 Å². The zero-order valence-corrected chi connectivity index (χ0v) is 14.2. The van der Waals surface area contributed by atoms with Gasteiger partial charge in [-0.2, -0.15) is 0 Å². The van der Waals surface area contributed by atoms with E-state index in [1.165, 1.54) is 5.56 Å². The number of methoxy groups -OCH3 is 1. The van der Waals surface area contributed by atoms with Crippen LogP contribution in [0, 0.1) is 0 Å². The standard InChI is InChI=1S/C17H24N4O3/c1-20-13-18-19-17(20)16-12-21(6-7-24-16)11-14-4-3-5-15(10-14)23-9-8-22-2/h3-5,10,13,16H,6-9,11-12H2,1-2H3/t16-/m0/s1. The van der Waals surface area contributed by atoms with Gasteiger partial charge in [0.05, 0.1) is 13.2 Å². The number of nitrogens with zero attached hydrogens (tertiary/aromatic N) is 4. The van der Waals surface area contributed by atoms with E-state index in [1.807, 2.05) is 23.7 Å². The van der Waals surface area contributed by atoms with Crippen LogP contribution in [0.3, 0.4) is 0 Å². The van der Waals surface area contributed by atoms with Crippen molar-refractivity contribution in [2.75, 3.05) is 40.0 Å². The third-order valence-electron chi connectivity index (χ3n) is 4.05. The molecule has 0 amide bonds. The Morgan fingerprint density at radius 3 is 3.04 bits per heavy atom. The maximum atomic E-state index is 5.86. The van der Waals surface area contributed by atoms with Gasteiger partial charge in [-0.15, -0.1) is 10.2 Å². The van der Waals surface area contributed by atoms with Gasteiger partial charge in [-0.3, -0.25) is 4.90 Å². The summed E-state index contributed by atoms with van der Waals surface area (Å²) >= 11 is 0. The topological polar surface area (TPSA) is 61.6 Å². The van der Waals surface area contributed by atoms with Crippen LogP contribution >= 0.6 is 0 Å². The summed E-state index contributed by atoms with van der Waals surface area (Å²) in [4.78, 5) is 2.37. The predicted octanol–water partition coefficient (Wildman–Crippen LogP) is 1.41. The molecule has 7 nitrogen and oxygen atoms in total. The number of hydrogen-bond donors (Lipinski definition) is 0. The Morgan fingerprint density at radius 1 is 1.33 bits per heavy atom. The van der Waals surface area contributed by atoms with Gasteiger partial charge >= 0.3 is 0 Å². The second kappa shape index (κ2) is 8.23. The van der Waals surface area contributed by atoms with Crippen LogP contribution in [-0.4, -0.2) is 59.7 Å². The zero-order chi connectivity index (χ0) is 16.8. The Kier molecular flexibility index (Phi) is 5.79. The molecule has 7 heteroatoms. The molecule has 130 valence electrons. The maximum absolute atomic E-state index is 5.86. The predicted molar refractivity (Wildman–Crippen MR) is 88.8 cm³/mol.